The standard InChI is InChI=1S/C20H20N4OS/c1-3-24-17-9-5-4-8-15(17)13(2)20(24)16-12-18(23-22-16)21-19(25)11-14-7-6-10-26-14/h4-10,12H,3,11H2,1-2H3,(H2,21,22,23,25). The number of aromatic amines is 1. The molecule has 5 nitrogen and oxygen atoms in total. The van der Waals surface area contributed by atoms with Gasteiger partial charge < -0.3 is 9.88 Å². The van der Waals surface area contributed by atoms with Crippen molar-refractivity contribution < 1.29 is 4.79 Å². The maximum absolute atomic E-state index is 12.2. The van der Waals surface area contributed by atoms with Crippen molar-refractivity contribution in [1.29, 1.82) is 0 Å². The van der Waals surface area contributed by atoms with Crippen molar-refractivity contribution in [1.82, 2.24) is 14.8 Å². The van der Waals surface area contributed by atoms with E-state index in [0.717, 1.165) is 22.8 Å². The summed E-state index contributed by atoms with van der Waals surface area (Å²) in [6, 6.07) is 14.2. The van der Waals surface area contributed by atoms with Gasteiger partial charge in [-0.15, -0.1) is 11.3 Å². The van der Waals surface area contributed by atoms with Gasteiger partial charge in [0.15, 0.2) is 5.82 Å². The molecule has 0 bridgehead atoms. The SMILES string of the molecule is CCn1c(-c2cc(NC(=O)Cc3cccs3)n[nH]2)c(C)c2ccccc21. The number of anilines is 1. The smallest absolute Gasteiger partial charge is 0.230 e. The van der Waals surface area contributed by atoms with E-state index in [-0.39, 0.29) is 5.91 Å². The highest BCUT2D eigenvalue weighted by molar-refractivity contribution is 7.10. The summed E-state index contributed by atoms with van der Waals surface area (Å²) in [5, 5.41) is 13.5. The first kappa shape index (κ1) is 16.6. The van der Waals surface area contributed by atoms with Crippen molar-refractivity contribution >= 4 is 34.0 Å². The van der Waals surface area contributed by atoms with Crippen molar-refractivity contribution in [3.63, 3.8) is 0 Å². The molecule has 132 valence electrons. The number of hydrogen-bond donors (Lipinski definition) is 2. The lowest BCUT2D eigenvalue weighted by molar-refractivity contribution is -0.115. The minimum Gasteiger partial charge on any atom is -0.339 e. The highest BCUT2D eigenvalue weighted by Gasteiger charge is 2.17. The van der Waals surface area contributed by atoms with Crippen molar-refractivity contribution in [3.05, 3.63) is 58.3 Å². The molecule has 0 atom stereocenters. The van der Waals surface area contributed by atoms with Crippen molar-refractivity contribution in [3.8, 4) is 11.4 Å². The average Bonchev–Trinajstić information content (AvgIpc) is 3.35. The van der Waals surface area contributed by atoms with E-state index in [0.29, 0.717) is 12.2 Å². The molecule has 0 saturated heterocycles. The summed E-state index contributed by atoms with van der Waals surface area (Å²) in [6.07, 6.45) is 0.369. The number of aryl methyl sites for hydroxylation is 2. The van der Waals surface area contributed by atoms with Crippen LogP contribution in [0.25, 0.3) is 22.3 Å². The molecule has 0 aliphatic heterocycles. The second kappa shape index (κ2) is 6.80. The van der Waals surface area contributed by atoms with Crippen LogP contribution in [0.4, 0.5) is 5.82 Å². The number of thiophene rings is 1. The van der Waals surface area contributed by atoms with Crippen LogP contribution in [-0.4, -0.2) is 20.7 Å². The number of rotatable bonds is 5. The number of nitrogens with zero attached hydrogens (tertiary/aromatic N) is 2. The molecule has 4 aromatic rings. The van der Waals surface area contributed by atoms with Crippen LogP contribution in [0, 0.1) is 6.92 Å². The lowest BCUT2D eigenvalue weighted by Crippen LogP contribution is -2.13. The van der Waals surface area contributed by atoms with E-state index in [1.807, 2.05) is 23.6 Å². The molecule has 1 amide bonds. The van der Waals surface area contributed by atoms with Gasteiger partial charge >= 0.3 is 0 Å². The monoisotopic (exact) mass is 364 g/mol. The first-order valence-corrected chi connectivity index (χ1v) is 9.51. The fourth-order valence-corrected chi connectivity index (χ4v) is 4.12. The lowest BCUT2D eigenvalue weighted by atomic mass is 10.1. The maximum Gasteiger partial charge on any atom is 0.230 e. The van der Waals surface area contributed by atoms with Crippen LogP contribution >= 0.6 is 11.3 Å². The molecular weight excluding hydrogens is 344 g/mol. The number of carbonyl (C=O) groups excluding carboxylic acids is 1. The Morgan fingerprint density at radius 3 is 2.88 bits per heavy atom. The number of nitrogens with one attached hydrogen (secondary N) is 2. The Kier molecular flexibility index (Phi) is 4.34. The van der Waals surface area contributed by atoms with Crippen molar-refractivity contribution in [2.45, 2.75) is 26.8 Å². The Morgan fingerprint density at radius 2 is 2.12 bits per heavy atom. The summed E-state index contributed by atoms with van der Waals surface area (Å²) < 4.78 is 2.27. The fourth-order valence-electron chi connectivity index (χ4n) is 3.42. The van der Waals surface area contributed by atoms with E-state index in [2.05, 4.69) is 58.2 Å². The van der Waals surface area contributed by atoms with E-state index in [1.54, 1.807) is 11.3 Å². The summed E-state index contributed by atoms with van der Waals surface area (Å²) in [6.45, 7) is 5.12. The van der Waals surface area contributed by atoms with E-state index in [9.17, 15) is 4.79 Å². The van der Waals surface area contributed by atoms with Gasteiger partial charge in [-0.2, -0.15) is 5.10 Å². The van der Waals surface area contributed by atoms with E-state index in [4.69, 9.17) is 0 Å². The largest absolute Gasteiger partial charge is 0.339 e. The summed E-state index contributed by atoms with van der Waals surface area (Å²) in [5.41, 5.74) is 4.44. The highest BCUT2D eigenvalue weighted by Crippen LogP contribution is 2.33. The number of H-pyrrole nitrogens is 1. The number of hydrogen-bond acceptors (Lipinski definition) is 3. The van der Waals surface area contributed by atoms with Crippen LogP contribution < -0.4 is 5.32 Å². The summed E-state index contributed by atoms with van der Waals surface area (Å²) in [4.78, 5) is 13.2. The van der Waals surface area contributed by atoms with Crippen LogP contribution in [0.1, 0.15) is 17.4 Å². The van der Waals surface area contributed by atoms with E-state index >= 15 is 0 Å². The zero-order valence-electron chi connectivity index (χ0n) is 14.7. The summed E-state index contributed by atoms with van der Waals surface area (Å²) >= 11 is 1.58. The first-order chi connectivity index (χ1) is 12.7. The van der Waals surface area contributed by atoms with E-state index in [1.165, 1.54) is 16.5 Å². The van der Waals surface area contributed by atoms with Gasteiger partial charge in [0.1, 0.15) is 0 Å². The van der Waals surface area contributed by atoms with Gasteiger partial charge in [0, 0.05) is 28.4 Å². The molecule has 0 saturated carbocycles. The molecule has 4 rings (SSSR count). The van der Waals surface area contributed by atoms with Gasteiger partial charge in [-0.1, -0.05) is 24.3 Å². The van der Waals surface area contributed by atoms with Crippen LogP contribution in [0.5, 0.6) is 0 Å². The zero-order chi connectivity index (χ0) is 18.1. The predicted molar refractivity (Wildman–Crippen MR) is 107 cm³/mol. The van der Waals surface area contributed by atoms with Gasteiger partial charge in [-0.25, -0.2) is 0 Å². The van der Waals surface area contributed by atoms with E-state index < -0.39 is 0 Å². The molecule has 0 spiro atoms. The molecule has 6 heteroatoms. The Morgan fingerprint density at radius 1 is 1.27 bits per heavy atom. The van der Waals surface area contributed by atoms with Gasteiger partial charge in [0.2, 0.25) is 5.91 Å². The molecular formula is C20H20N4OS. The quantitative estimate of drug-likeness (QED) is 0.543. The number of amides is 1. The first-order valence-electron chi connectivity index (χ1n) is 8.63. The third kappa shape index (κ3) is 2.93. The highest BCUT2D eigenvalue weighted by atomic mass is 32.1. The minimum absolute atomic E-state index is 0.0572. The molecule has 2 N–H and O–H groups in total. The van der Waals surface area contributed by atoms with Crippen LogP contribution in [0.3, 0.4) is 0 Å². The van der Waals surface area contributed by atoms with Gasteiger partial charge in [-0.05, 0) is 36.9 Å². The summed E-state index contributed by atoms with van der Waals surface area (Å²) in [7, 11) is 0. The molecule has 3 heterocycles. The fraction of sp³-hybridized carbons (Fsp3) is 0.200. The molecule has 0 unspecified atom stereocenters. The zero-order valence-corrected chi connectivity index (χ0v) is 15.6. The molecule has 1 aromatic carbocycles. The Balaban J connectivity index is 1.63. The normalized spacial score (nSPS) is 11.2. The summed E-state index contributed by atoms with van der Waals surface area (Å²) in [5.74, 6) is 0.493. The second-order valence-corrected chi connectivity index (χ2v) is 7.24. The van der Waals surface area contributed by atoms with Crippen LogP contribution in [-0.2, 0) is 17.8 Å². The number of fused-ring (bicyclic) bond motifs is 1. The minimum atomic E-state index is -0.0572. The Bertz CT molecular complexity index is 1060. The molecule has 26 heavy (non-hydrogen) atoms. The van der Waals surface area contributed by atoms with Gasteiger partial charge in [0.25, 0.3) is 0 Å². The van der Waals surface area contributed by atoms with Crippen molar-refractivity contribution in [2.24, 2.45) is 0 Å². The molecule has 0 aliphatic rings. The van der Waals surface area contributed by atoms with Crippen LogP contribution in [0.15, 0.2) is 47.8 Å². The topological polar surface area (TPSA) is 62.7 Å². The number of aromatic nitrogens is 3. The Labute approximate surface area is 155 Å². The van der Waals surface area contributed by atoms with Crippen molar-refractivity contribution in [2.75, 3.05) is 5.32 Å². The number of carbonyl (C=O) groups is 1. The lowest BCUT2D eigenvalue weighted by Gasteiger charge is -2.06. The molecule has 0 fully saturated rings. The second-order valence-electron chi connectivity index (χ2n) is 6.21. The van der Waals surface area contributed by atoms with Crippen LogP contribution in [0.2, 0.25) is 0 Å². The maximum atomic E-state index is 12.2. The molecule has 3 aromatic heterocycles. The third-order valence-electron chi connectivity index (χ3n) is 4.56. The molecule has 0 aliphatic carbocycles. The number of benzene rings is 1. The molecule has 0 radical (unpaired) electrons. The van der Waals surface area contributed by atoms with Gasteiger partial charge in [0.05, 0.1) is 17.8 Å². The average molecular weight is 364 g/mol. The number of para-hydroxylation sites is 1. The third-order valence-corrected chi connectivity index (χ3v) is 5.43. The van der Waals surface area contributed by atoms with Gasteiger partial charge in [-0.3, -0.25) is 9.89 Å². The predicted octanol–water partition coefficient (Wildman–Crippen LogP) is 4.60. The Hall–Kier alpha value is -2.86.